The average Bonchev–Trinajstić information content (AvgIpc) is 2.45. The number of carboxylic acids is 1. The Hall–Kier alpha value is -1.61. The van der Waals surface area contributed by atoms with Crippen molar-refractivity contribution in [1.29, 1.82) is 0 Å². The van der Waals surface area contributed by atoms with Gasteiger partial charge in [-0.05, 0) is 24.0 Å². The van der Waals surface area contributed by atoms with Crippen LogP contribution in [0.3, 0.4) is 0 Å². The molecule has 3 heteroatoms. The number of hydrogen-bond acceptors (Lipinski definition) is 2. The second-order valence-corrected chi connectivity index (χ2v) is 4.81. The highest BCUT2D eigenvalue weighted by atomic mass is 16.5. The summed E-state index contributed by atoms with van der Waals surface area (Å²) < 4.78 is 5.91. The summed E-state index contributed by atoms with van der Waals surface area (Å²) >= 11 is 0. The van der Waals surface area contributed by atoms with E-state index in [1.807, 2.05) is 30.3 Å². The molecule has 1 aromatic carbocycles. The zero-order valence-corrected chi connectivity index (χ0v) is 12.3. The third-order valence-corrected chi connectivity index (χ3v) is 3.10. The van der Waals surface area contributed by atoms with Crippen molar-refractivity contribution >= 4 is 11.5 Å². The van der Waals surface area contributed by atoms with Gasteiger partial charge in [-0.15, -0.1) is 0 Å². The van der Waals surface area contributed by atoms with Crippen LogP contribution in [0.15, 0.2) is 36.4 Å². The van der Waals surface area contributed by atoms with Crippen LogP contribution in [0.25, 0.3) is 5.57 Å². The minimum absolute atomic E-state index is 0.148. The van der Waals surface area contributed by atoms with Gasteiger partial charge in [-0.1, -0.05) is 57.0 Å². The molecule has 0 amide bonds. The van der Waals surface area contributed by atoms with Gasteiger partial charge in [-0.25, -0.2) is 4.79 Å². The Morgan fingerprint density at radius 3 is 2.50 bits per heavy atom. The molecule has 0 fully saturated rings. The van der Waals surface area contributed by atoms with Crippen LogP contribution in [0.4, 0.5) is 0 Å². The van der Waals surface area contributed by atoms with Crippen LogP contribution in [0.1, 0.15) is 45.1 Å². The van der Waals surface area contributed by atoms with Gasteiger partial charge in [0, 0.05) is 12.7 Å². The molecule has 20 heavy (non-hydrogen) atoms. The van der Waals surface area contributed by atoms with Gasteiger partial charge in [-0.3, -0.25) is 0 Å². The molecule has 0 aliphatic rings. The molecule has 0 bridgehead atoms. The molecule has 0 aromatic heterocycles. The van der Waals surface area contributed by atoms with Gasteiger partial charge in [0.15, 0.2) is 0 Å². The maximum absolute atomic E-state index is 11.1. The average molecular weight is 276 g/mol. The van der Waals surface area contributed by atoms with E-state index >= 15 is 0 Å². The lowest BCUT2D eigenvalue weighted by Gasteiger charge is -2.21. The topological polar surface area (TPSA) is 46.5 Å². The maximum atomic E-state index is 11.1. The van der Waals surface area contributed by atoms with Crippen LogP contribution < -0.4 is 0 Å². The van der Waals surface area contributed by atoms with Gasteiger partial charge in [0.1, 0.15) is 0 Å². The molecule has 0 radical (unpaired) electrons. The van der Waals surface area contributed by atoms with E-state index in [9.17, 15) is 4.79 Å². The lowest BCUT2D eigenvalue weighted by atomic mass is 9.97. The Morgan fingerprint density at radius 1 is 1.25 bits per heavy atom. The van der Waals surface area contributed by atoms with E-state index in [0.29, 0.717) is 6.61 Å². The SMILES string of the molecule is CCCCOC(CCC)/C(=C\C(=O)O)c1ccccc1. The number of carbonyl (C=O) groups is 1. The van der Waals surface area contributed by atoms with Gasteiger partial charge in [0.2, 0.25) is 0 Å². The lowest BCUT2D eigenvalue weighted by Crippen LogP contribution is -2.17. The third kappa shape index (κ3) is 5.57. The molecule has 0 saturated carbocycles. The van der Waals surface area contributed by atoms with Crippen molar-refractivity contribution in [2.24, 2.45) is 0 Å². The summed E-state index contributed by atoms with van der Waals surface area (Å²) in [6.07, 6.45) is 4.99. The first-order valence-corrected chi connectivity index (χ1v) is 7.30. The van der Waals surface area contributed by atoms with Crippen LogP contribution in [0, 0.1) is 0 Å². The van der Waals surface area contributed by atoms with Gasteiger partial charge in [0.05, 0.1) is 6.10 Å². The first kappa shape index (κ1) is 16.4. The zero-order chi connectivity index (χ0) is 14.8. The number of ether oxygens (including phenoxy) is 1. The smallest absolute Gasteiger partial charge is 0.328 e. The molecule has 0 saturated heterocycles. The van der Waals surface area contributed by atoms with Crippen LogP contribution in [-0.2, 0) is 9.53 Å². The first-order chi connectivity index (χ1) is 9.69. The maximum Gasteiger partial charge on any atom is 0.328 e. The van der Waals surface area contributed by atoms with Gasteiger partial charge >= 0.3 is 5.97 Å². The predicted molar refractivity (Wildman–Crippen MR) is 81.6 cm³/mol. The van der Waals surface area contributed by atoms with Crippen LogP contribution in [0.2, 0.25) is 0 Å². The molecule has 1 N–H and O–H groups in total. The minimum Gasteiger partial charge on any atom is -0.478 e. The van der Waals surface area contributed by atoms with Crippen molar-refractivity contribution in [3.05, 3.63) is 42.0 Å². The number of aliphatic carboxylic acids is 1. The molecule has 1 unspecified atom stereocenters. The monoisotopic (exact) mass is 276 g/mol. The van der Waals surface area contributed by atoms with E-state index in [0.717, 1.165) is 36.8 Å². The van der Waals surface area contributed by atoms with E-state index in [2.05, 4.69) is 13.8 Å². The second kappa shape index (κ2) is 9.32. The summed E-state index contributed by atoms with van der Waals surface area (Å²) in [5.41, 5.74) is 1.68. The van der Waals surface area contributed by atoms with Gasteiger partial charge < -0.3 is 9.84 Å². The van der Waals surface area contributed by atoms with E-state index in [1.54, 1.807) is 0 Å². The second-order valence-electron chi connectivity index (χ2n) is 4.81. The normalized spacial score (nSPS) is 13.2. The number of benzene rings is 1. The van der Waals surface area contributed by atoms with E-state index in [-0.39, 0.29) is 6.10 Å². The molecule has 1 rings (SSSR count). The summed E-state index contributed by atoms with van der Waals surface area (Å²) in [7, 11) is 0. The number of carboxylic acid groups (broad SMARTS) is 1. The lowest BCUT2D eigenvalue weighted by molar-refractivity contribution is -0.131. The fourth-order valence-corrected chi connectivity index (χ4v) is 2.09. The van der Waals surface area contributed by atoms with Crippen molar-refractivity contribution < 1.29 is 14.6 Å². The van der Waals surface area contributed by atoms with Crippen LogP contribution in [-0.4, -0.2) is 23.8 Å². The predicted octanol–water partition coefficient (Wildman–Crippen LogP) is 4.14. The highest BCUT2D eigenvalue weighted by Crippen LogP contribution is 2.24. The Bertz CT molecular complexity index is 423. The summed E-state index contributed by atoms with van der Waals surface area (Å²) in [5, 5.41) is 9.10. The first-order valence-electron chi connectivity index (χ1n) is 7.30. The van der Waals surface area contributed by atoms with Crippen LogP contribution in [0.5, 0.6) is 0 Å². The Morgan fingerprint density at radius 2 is 1.95 bits per heavy atom. The van der Waals surface area contributed by atoms with Crippen molar-refractivity contribution in [2.75, 3.05) is 6.61 Å². The molecular formula is C17H24O3. The highest BCUT2D eigenvalue weighted by Gasteiger charge is 2.17. The summed E-state index contributed by atoms with van der Waals surface area (Å²) in [6, 6.07) is 9.62. The Kier molecular flexibility index (Phi) is 7.66. The molecule has 1 aromatic rings. The van der Waals surface area contributed by atoms with Gasteiger partial charge in [0.25, 0.3) is 0 Å². The molecule has 0 spiro atoms. The molecule has 0 aliphatic carbocycles. The molecule has 110 valence electrons. The molecular weight excluding hydrogens is 252 g/mol. The third-order valence-electron chi connectivity index (χ3n) is 3.10. The van der Waals surface area contributed by atoms with E-state index in [1.165, 1.54) is 6.08 Å². The molecule has 0 heterocycles. The quantitative estimate of drug-likeness (QED) is 0.544. The Labute approximate surface area is 121 Å². The summed E-state index contributed by atoms with van der Waals surface area (Å²) in [4.78, 5) is 11.1. The number of unbranched alkanes of at least 4 members (excludes halogenated alkanes) is 1. The van der Waals surface area contributed by atoms with Gasteiger partial charge in [-0.2, -0.15) is 0 Å². The highest BCUT2D eigenvalue weighted by molar-refractivity contribution is 5.91. The zero-order valence-electron chi connectivity index (χ0n) is 12.3. The number of rotatable bonds is 9. The standard InChI is InChI=1S/C17H24O3/c1-3-5-12-20-16(9-4-2)15(13-17(18)19)14-10-7-6-8-11-14/h6-8,10-11,13,16H,3-5,9,12H2,1-2H3,(H,18,19)/b15-13-. The van der Waals surface area contributed by atoms with Crippen LogP contribution >= 0.6 is 0 Å². The van der Waals surface area contributed by atoms with Crippen molar-refractivity contribution in [3.8, 4) is 0 Å². The fourth-order valence-electron chi connectivity index (χ4n) is 2.09. The van der Waals surface area contributed by atoms with E-state index < -0.39 is 5.97 Å². The fraction of sp³-hybridized carbons (Fsp3) is 0.471. The Balaban J connectivity index is 2.96. The molecule has 1 atom stereocenters. The van der Waals surface area contributed by atoms with Crippen molar-refractivity contribution in [3.63, 3.8) is 0 Å². The van der Waals surface area contributed by atoms with Crippen molar-refractivity contribution in [1.82, 2.24) is 0 Å². The largest absolute Gasteiger partial charge is 0.478 e. The number of hydrogen-bond donors (Lipinski definition) is 1. The van der Waals surface area contributed by atoms with E-state index in [4.69, 9.17) is 9.84 Å². The summed E-state index contributed by atoms with van der Waals surface area (Å²) in [5.74, 6) is -0.927. The minimum atomic E-state index is -0.927. The molecule has 3 nitrogen and oxygen atoms in total. The summed E-state index contributed by atoms with van der Waals surface area (Å²) in [6.45, 7) is 4.87. The molecule has 0 aliphatic heterocycles. The van der Waals surface area contributed by atoms with Crippen molar-refractivity contribution in [2.45, 2.75) is 45.6 Å².